The first-order valence-corrected chi connectivity index (χ1v) is 9.28. The number of benzene rings is 1. The van der Waals surface area contributed by atoms with Gasteiger partial charge in [-0.15, -0.1) is 0 Å². The SMILES string of the molecule is CCc1ccc(C(=O)NC(C)(COC)CC(=O)O)cc1S(C)(=O)=O. The molecule has 1 amide bonds. The summed E-state index contributed by atoms with van der Waals surface area (Å²) in [6.45, 7) is 3.39. The molecule has 24 heavy (non-hydrogen) atoms. The molecular weight excluding hydrogens is 334 g/mol. The van der Waals surface area contributed by atoms with E-state index in [9.17, 15) is 18.0 Å². The normalized spacial score (nSPS) is 14.0. The smallest absolute Gasteiger partial charge is 0.305 e. The average Bonchev–Trinajstić information content (AvgIpc) is 2.44. The quantitative estimate of drug-likeness (QED) is 0.725. The highest BCUT2D eigenvalue weighted by molar-refractivity contribution is 7.90. The van der Waals surface area contributed by atoms with E-state index in [4.69, 9.17) is 9.84 Å². The number of nitrogens with one attached hydrogen (secondary N) is 1. The summed E-state index contributed by atoms with van der Waals surface area (Å²) in [4.78, 5) is 23.5. The predicted molar refractivity (Wildman–Crippen MR) is 88.9 cm³/mol. The molecule has 8 heteroatoms. The van der Waals surface area contributed by atoms with Crippen LogP contribution in [0, 0.1) is 0 Å². The number of aliphatic carboxylic acids is 1. The summed E-state index contributed by atoms with van der Waals surface area (Å²) in [7, 11) is -2.07. The number of amides is 1. The molecular formula is C16H23NO6S. The molecule has 0 aliphatic carbocycles. The van der Waals surface area contributed by atoms with Crippen LogP contribution >= 0.6 is 0 Å². The fourth-order valence-electron chi connectivity index (χ4n) is 2.46. The largest absolute Gasteiger partial charge is 0.481 e. The summed E-state index contributed by atoms with van der Waals surface area (Å²) < 4.78 is 28.8. The van der Waals surface area contributed by atoms with Crippen LogP contribution in [0.5, 0.6) is 0 Å². The molecule has 7 nitrogen and oxygen atoms in total. The number of ether oxygens (including phenoxy) is 1. The molecule has 0 bridgehead atoms. The number of rotatable bonds is 8. The van der Waals surface area contributed by atoms with Crippen LogP contribution in [0.3, 0.4) is 0 Å². The van der Waals surface area contributed by atoms with Crippen LogP contribution in [0.25, 0.3) is 0 Å². The van der Waals surface area contributed by atoms with Gasteiger partial charge in [0.25, 0.3) is 5.91 Å². The lowest BCUT2D eigenvalue weighted by Crippen LogP contribution is -2.50. The van der Waals surface area contributed by atoms with Crippen molar-refractivity contribution in [2.24, 2.45) is 0 Å². The fraction of sp³-hybridized carbons (Fsp3) is 0.500. The first kappa shape index (κ1) is 20.1. The Morgan fingerprint density at radius 3 is 2.42 bits per heavy atom. The van der Waals surface area contributed by atoms with Crippen LogP contribution in [0.1, 0.15) is 36.2 Å². The van der Waals surface area contributed by atoms with Crippen molar-refractivity contribution >= 4 is 21.7 Å². The Balaban J connectivity index is 3.17. The lowest BCUT2D eigenvalue weighted by Gasteiger charge is -2.28. The minimum atomic E-state index is -3.47. The number of hydrogen-bond acceptors (Lipinski definition) is 5. The van der Waals surface area contributed by atoms with Gasteiger partial charge in [-0.05, 0) is 31.0 Å². The summed E-state index contributed by atoms with van der Waals surface area (Å²) in [5, 5.41) is 11.6. The fourth-order valence-corrected chi connectivity index (χ4v) is 3.49. The molecule has 1 aromatic carbocycles. The van der Waals surface area contributed by atoms with Crippen molar-refractivity contribution < 1.29 is 27.9 Å². The van der Waals surface area contributed by atoms with Crippen LogP contribution < -0.4 is 5.32 Å². The molecule has 1 unspecified atom stereocenters. The Bertz CT molecular complexity index is 728. The zero-order valence-electron chi connectivity index (χ0n) is 14.3. The highest BCUT2D eigenvalue weighted by atomic mass is 32.2. The van der Waals surface area contributed by atoms with Gasteiger partial charge in [-0.3, -0.25) is 9.59 Å². The molecule has 0 fully saturated rings. The molecule has 0 aliphatic heterocycles. The van der Waals surface area contributed by atoms with Gasteiger partial charge >= 0.3 is 5.97 Å². The summed E-state index contributed by atoms with van der Waals surface area (Å²) in [6, 6.07) is 4.43. The first-order chi connectivity index (χ1) is 11.0. The summed E-state index contributed by atoms with van der Waals surface area (Å²) in [5.41, 5.74) is -0.327. The van der Waals surface area contributed by atoms with Crippen molar-refractivity contribution in [1.29, 1.82) is 0 Å². The van der Waals surface area contributed by atoms with E-state index in [0.717, 1.165) is 6.26 Å². The number of carboxylic acids is 1. The first-order valence-electron chi connectivity index (χ1n) is 7.38. The monoisotopic (exact) mass is 357 g/mol. The molecule has 1 aromatic rings. The van der Waals surface area contributed by atoms with E-state index < -0.39 is 27.3 Å². The number of methoxy groups -OCH3 is 1. The third-order valence-corrected chi connectivity index (χ3v) is 4.71. The number of carbonyl (C=O) groups is 2. The molecule has 0 saturated heterocycles. The number of sulfone groups is 1. The van der Waals surface area contributed by atoms with Crippen molar-refractivity contribution in [3.05, 3.63) is 29.3 Å². The van der Waals surface area contributed by atoms with Crippen molar-refractivity contribution in [3.8, 4) is 0 Å². The second-order valence-electron chi connectivity index (χ2n) is 5.97. The summed E-state index contributed by atoms with van der Waals surface area (Å²) in [6.07, 6.45) is 1.28. The van der Waals surface area contributed by atoms with Crippen molar-refractivity contribution in [2.75, 3.05) is 20.0 Å². The van der Waals surface area contributed by atoms with Crippen LogP contribution in [0.2, 0.25) is 0 Å². The lowest BCUT2D eigenvalue weighted by atomic mass is 9.98. The molecule has 0 radical (unpaired) electrons. The summed E-state index contributed by atoms with van der Waals surface area (Å²) in [5.74, 6) is -1.63. The highest BCUT2D eigenvalue weighted by Gasteiger charge is 2.30. The van der Waals surface area contributed by atoms with E-state index in [1.165, 1.54) is 19.2 Å². The van der Waals surface area contributed by atoms with Gasteiger partial charge < -0.3 is 15.2 Å². The van der Waals surface area contributed by atoms with E-state index in [1.54, 1.807) is 13.0 Å². The second kappa shape index (κ2) is 7.76. The maximum Gasteiger partial charge on any atom is 0.305 e. The zero-order chi connectivity index (χ0) is 18.5. The molecule has 0 spiro atoms. The Labute approximate surface area is 141 Å². The van der Waals surface area contributed by atoms with Gasteiger partial charge in [0.15, 0.2) is 9.84 Å². The van der Waals surface area contributed by atoms with Crippen LogP contribution in [-0.2, 0) is 25.8 Å². The van der Waals surface area contributed by atoms with Gasteiger partial charge in [0.05, 0.1) is 23.5 Å². The molecule has 1 rings (SSSR count). The summed E-state index contributed by atoms with van der Waals surface area (Å²) >= 11 is 0. The number of carbonyl (C=O) groups excluding carboxylic acids is 1. The molecule has 0 heterocycles. The molecule has 1 atom stereocenters. The van der Waals surface area contributed by atoms with Crippen molar-refractivity contribution in [3.63, 3.8) is 0 Å². The van der Waals surface area contributed by atoms with E-state index >= 15 is 0 Å². The Hall–Kier alpha value is -1.93. The van der Waals surface area contributed by atoms with E-state index in [1.807, 2.05) is 6.92 Å². The molecule has 0 aliphatic rings. The lowest BCUT2D eigenvalue weighted by molar-refractivity contribution is -0.139. The Morgan fingerprint density at radius 1 is 1.33 bits per heavy atom. The van der Waals surface area contributed by atoms with Gasteiger partial charge in [-0.2, -0.15) is 0 Å². The van der Waals surface area contributed by atoms with Gasteiger partial charge in [0.1, 0.15) is 0 Å². The Morgan fingerprint density at radius 2 is 1.96 bits per heavy atom. The van der Waals surface area contributed by atoms with Crippen LogP contribution in [0.15, 0.2) is 23.1 Å². The number of hydrogen-bond donors (Lipinski definition) is 2. The zero-order valence-corrected chi connectivity index (χ0v) is 15.1. The van der Waals surface area contributed by atoms with Crippen LogP contribution in [-0.4, -0.2) is 50.9 Å². The minimum absolute atomic E-state index is 0.0109. The second-order valence-corrected chi connectivity index (χ2v) is 7.95. The van der Waals surface area contributed by atoms with E-state index in [2.05, 4.69) is 5.32 Å². The number of aryl methyl sites for hydroxylation is 1. The maximum absolute atomic E-state index is 12.4. The minimum Gasteiger partial charge on any atom is -0.481 e. The van der Waals surface area contributed by atoms with E-state index in [0.29, 0.717) is 12.0 Å². The van der Waals surface area contributed by atoms with Gasteiger partial charge in [-0.1, -0.05) is 13.0 Å². The molecule has 0 aromatic heterocycles. The Kier molecular flexibility index (Phi) is 6.50. The van der Waals surface area contributed by atoms with Gasteiger partial charge in [0, 0.05) is 18.9 Å². The molecule has 2 N–H and O–H groups in total. The topological polar surface area (TPSA) is 110 Å². The number of carboxylic acid groups (broad SMARTS) is 1. The predicted octanol–water partition coefficient (Wildman–Crippen LogP) is 1.26. The standard InChI is InChI=1S/C16H23NO6S/c1-5-11-6-7-12(8-13(11)24(4,21)22)15(20)17-16(2,10-23-3)9-14(18)19/h6-8H,5,9-10H2,1-4H3,(H,17,20)(H,18,19). The molecule has 0 saturated carbocycles. The third kappa shape index (κ3) is 5.31. The van der Waals surface area contributed by atoms with Crippen LogP contribution in [0.4, 0.5) is 0 Å². The third-order valence-electron chi connectivity index (χ3n) is 3.53. The average molecular weight is 357 g/mol. The van der Waals surface area contributed by atoms with Crippen molar-refractivity contribution in [2.45, 2.75) is 37.1 Å². The maximum atomic E-state index is 12.4. The van der Waals surface area contributed by atoms with E-state index in [-0.39, 0.29) is 23.5 Å². The van der Waals surface area contributed by atoms with Gasteiger partial charge in [0.2, 0.25) is 0 Å². The van der Waals surface area contributed by atoms with Gasteiger partial charge in [-0.25, -0.2) is 8.42 Å². The van der Waals surface area contributed by atoms with Crippen molar-refractivity contribution in [1.82, 2.24) is 5.32 Å². The highest BCUT2D eigenvalue weighted by Crippen LogP contribution is 2.20. The molecule has 134 valence electrons.